The Bertz CT molecular complexity index is 587. The molecule has 4 nitrogen and oxygen atoms in total. The molecule has 114 valence electrons. The Labute approximate surface area is 125 Å². The number of aryl methyl sites for hydroxylation is 1. The van der Waals surface area contributed by atoms with Gasteiger partial charge >= 0.3 is 0 Å². The maximum Gasteiger partial charge on any atom is 0.137 e. The van der Waals surface area contributed by atoms with Crippen LogP contribution in [0.5, 0.6) is 0 Å². The average Bonchev–Trinajstić information content (AvgIpc) is 2.94. The maximum atomic E-state index is 6.11. The van der Waals surface area contributed by atoms with Crippen LogP contribution in [0.1, 0.15) is 30.7 Å². The summed E-state index contributed by atoms with van der Waals surface area (Å²) in [4.78, 5) is 0. The van der Waals surface area contributed by atoms with Crippen molar-refractivity contribution >= 4 is 11.0 Å². The van der Waals surface area contributed by atoms with E-state index in [-0.39, 0.29) is 12.1 Å². The second-order valence-corrected chi connectivity index (χ2v) is 5.56. The molecule has 2 atom stereocenters. The van der Waals surface area contributed by atoms with E-state index >= 15 is 0 Å². The predicted molar refractivity (Wildman–Crippen MR) is 82.5 cm³/mol. The monoisotopic (exact) mass is 289 g/mol. The van der Waals surface area contributed by atoms with Gasteiger partial charge in [0, 0.05) is 5.39 Å². The van der Waals surface area contributed by atoms with Crippen molar-refractivity contribution in [1.29, 1.82) is 0 Å². The lowest BCUT2D eigenvalue weighted by molar-refractivity contribution is -0.104. The van der Waals surface area contributed by atoms with E-state index in [0.717, 1.165) is 35.3 Å². The van der Waals surface area contributed by atoms with Gasteiger partial charge < -0.3 is 19.2 Å². The number of furan rings is 1. The van der Waals surface area contributed by atoms with Gasteiger partial charge in [-0.25, -0.2) is 0 Å². The van der Waals surface area contributed by atoms with E-state index < -0.39 is 0 Å². The van der Waals surface area contributed by atoms with Crippen LogP contribution in [0.25, 0.3) is 11.0 Å². The summed E-state index contributed by atoms with van der Waals surface area (Å²) in [5, 5.41) is 4.68. The van der Waals surface area contributed by atoms with Gasteiger partial charge in [-0.05, 0) is 31.5 Å². The van der Waals surface area contributed by atoms with E-state index in [4.69, 9.17) is 13.9 Å². The summed E-state index contributed by atoms with van der Waals surface area (Å²) in [5.74, 6) is 0.934. The molecule has 1 aliphatic heterocycles. The molecule has 0 spiro atoms. The lowest BCUT2D eigenvalue weighted by atomic mass is 10.1. The zero-order valence-corrected chi connectivity index (χ0v) is 12.7. The number of hydrogen-bond acceptors (Lipinski definition) is 4. The Morgan fingerprint density at radius 3 is 2.95 bits per heavy atom. The van der Waals surface area contributed by atoms with Gasteiger partial charge in [0.1, 0.15) is 17.4 Å². The van der Waals surface area contributed by atoms with Crippen LogP contribution < -0.4 is 5.32 Å². The zero-order valence-electron chi connectivity index (χ0n) is 12.7. The minimum absolute atomic E-state index is 0.00571. The molecule has 1 saturated heterocycles. The Morgan fingerprint density at radius 2 is 2.24 bits per heavy atom. The summed E-state index contributed by atoms with van der Waals surface area (Å²) >= 11 is 0. The van der Waals surface area contributed by atoms with Gasteiger partial charge in [0.15, 0.2) is 0 Å². The van der Waals surface area contributed by atoms with Crippen LogP contribution in [0.3, 0.4) is 0 Å². The van der Waals surface area contributed by atoms with Crippen LogP contribution in [0.2, 0.25) is 0 Å². The van der Waals surface area contributed by atoms with Crippen molar-refractivity contribution in [2.24, 2.45) is 0 Å². The molecule has 4 heteroatoms. The highest BCUT2D eigenvalue weighted by atomic mass is 16.6. The number of ether oxygens (including phenoxy) is 2. The minimum atomic E-state index is 0.00571. The van der Waals surface area contributed by atoms with E-state index in [2.05, 4.69) is 43.4 Å². The third kappa shape index (κ3) is 3.12. The molecule has 0 aliphatic carbocycles. The number of nitrogens with one attached hydrogen (secondary N) is 1. The van der Waals surface area contributed by atoms with Crippen molar-refractivity contribution in [1.82, 2.24) is 5.32 Å². The van der Waals surface area contributed by atoms with Crippen LogP contribution in [-0.2, 0) is 9.47 Å². The largest absolute Gasteiger partial charge is 0.459 e. The molecular formula is C17H23NO3. The van der Waals surface area contributed by atoms with Crippen molar-refractivity contribution in [3.05, 3.63) is 35.6 Å². The second-order valence-electron chi connectivity index (χ2n) is 5.56. The maximum absolute atomic E-state index is 6.11. The van der Waals surface area contributed by atoms with Crippen molar-refractivity contribution < 1.29 is 13.9 Å². The molecule has 1 fully saturated rings. The fourth-order valence-electron chi connectivity index (χ4n) is 2.80. The van der Waals surface area contributed by atoms with E-state index in [1.165, 1.54) is 0 Å². The zero-order chi connectivity index (χ0) is 14.7. The minimum Gasteiger partial charge on any atom is -0.459 e. The number of benzene rings is 1. The first-order chi connectivity index (χ1) is 10.3. The molecule has 0 amide bonds. The Morgan fingerprint density at radius 1 is 1.33 bits per heavy atom. The summed E-state index contributed by atoms with van der Waals surface area (Å²) in [7, 11) is 0. The number of fused-ring (bicyclic) bond motifs is 1. The van der Waals surface area contributed by atoms with Crippen molar-refractivity contribution in [3.63, 3.8) is 0 Å². The van der Waals surface area contributed by atoms with E-state index in [1.807, 2.05) is 0 Å². The Kier molecular flexibility index (Phi) is 4.58. The lowest BCUT2D eigenvalue weighted by Gasteiger charge is -2.29. The second kappa shape index (κ2) is 6.60. The van der Waals surface area contributed by atoms with E-state index in [1.54, 1.807) is 0 Å². The number of para-hydroxylation sites is 1. The average molecular weight is 289 g/mol. The van der Waals surface area contributed by atoms with Gasteiger partial charge in [0.25, 0.3) is 0 Å². The first kappa shape index (κ1) is 14.6. The molecule has 21 heavy (non-hydrogen) atoms. The van der Waals surface area contributed by atoms with Crippen LogP contribution in [0, 0.1) is 6.92 Å². The summed E-state index contributed by atoms with van der Waals surface area (Å²) in [5.41, 5.74) is 2.13. The molecule has 1 aliphatic rings. The third-order valence-corrected chi connectivity index (χ3v) is 3.89. The summed E-state index contributed by atoms with van der Waals surface area (Å²) in [6.07, 6.45) is 1.08. The highest BCUT2D eigenvalue weighted by molar-refractivity contribution is 5.81. The molecule has 2 heterocycles. The summed E-state index contributed by atoms with van der Waals surface area (Å²) < 4.78 is 17.5. The van der Waals surface area contributed by atoms with Crippen molar-refractivity contribution in [2.75, 3.05) is 26.4 Å². The molecule has 1 aromatic heterocycles. The SMILES string of the molecule is CCCNC(c1cc2cccc(C)c2o1)C1COCCO1. The van der Waals surface area contributed by atoms with Gasteiger partial charge in [-0.15, -0.1) is 0 Å². The van der Waals surface area contributed by atoms with Crippen LogP contribution >= 0.6 is 0 Å². The highest BCUT2D eigenvalue weighted by Crippen LogP contribution is 2.29. The van der Waals surface area contributed by atoms with Gasteiger partial charge in [-0.2, -0.15) is 0 Å². The van der Waals surface area contributed by atoms with E-state index in [9.17, 15) is 0 Å². The van der Waals surface area contributed by atoms with Gasteiger partial charge in [0.2, 0.25) is 0 Å². The normalized spacial score (nSPS) is 20.8. The smallest absolute Gasteiger partial charge is 0.137 e. The molecule has 0 radical (unpaired) electrons. The Balaban J connectivity index is 1.90. The van der Waals surface area contributed by atoms with Crippen LogP contribution in [0.15, 0.2) is 28.7 Å². The van der Waals surface area contributed by atoms with E-state index in [0.29, 0.717) is 19.8 Å². The molecule has 1 N–H and O–H groups in total. The van der Waals surface area contributed by atoms with Crippen LogP contribution in [-0.4, -0.2) is 32.5 Å². The molecular weight excluding hydrogens is 266 g/mol. The number of rotatable bonds is 5. The predicted octanol–water partition coefficient (Wildman–Crippen LogP) is 3.20. The molecule has 2 unspecified atom stereocenters. The first-order valence-electron chi connectivity index (χ1n) is 7.71. The number of hydrogen-bond donors (Lipinski definition) is 1. The molecule has 1 aromatic carbocycles. The summed E-state index contributed by atoms with van der Waals surface area (Å²) in [6.45, 7) is 7.10. The standard InChI is InChI=1S/C17H23NO3/c1-3-7-18-16(15-11-19-8-9-20-15)14-10-13-6-4-5-12(2)17(13)21-14/h4-6,10,15-16,18H,3,7-9,11H2,1-2H3. The Hall–Kier alpha value is -1.36. The molecule has 0 bridgehead atoms. The molecule has 0 saturated carbocycles. The summed E-state index contributed by atoms with van der Waals surface area (Å²) in [6, 6.07) is 8.38. The van der Waals surface area contributed by atoms with Gasteiger partial charge in [-0.3, -0.25) is 0 Å². The van der Waals surface area contributed by atoms with Crippen molar-refractivity contribution in [3.8, 4) is 0 Å². The lowest BCUT2D eigenvalue weighted by Crippen LogP contribution is -2.40. The van der Waals surface area contributed by atoms with Crippen LogP contribution in [0.4, 0.5) is 0 Å². The first-order valence-corrected chi connectivity index (χ1v) is 7.71. The van der Waals surface area contributed by atoms with Gasteiger partial charge in [0.05, 0.1) is 25.9 Å². The third-order valence-electron chi connectivity index (χ3n) is 3.89. The fourth-order valence-corrected chi connectivity index (χ4v) is 2.80. The quantitative estimate of drug-likeness (QED) is 0.918. The topological polar surface area (TPSA) is 43.6 Å². The van der Waals surface area contributed by atoms with Crippen molar-refractivity contribution in [2.45, 2.75) is 32.4 Å². The molecule has 3 rings (SSSR count). The fraction of sp³-hybridized carbons (Fsp3) is 0.529. The highest BCUT2D eigenvalue weighted by Gasteiger charge is 2.29. The molecule has 2 aromatic rings. The van der Waals surface area contributed by atoms with Gasteiger partial charge in [-0.1, -0.05) is 25.1 Å².